The van der Waals surface area contributed by atoms with Crippen molar-refractivity contribution < 1.29 is 13.2 Å². The predicted octanol–water partition coefficient (Wildman–Crippen LogP) is 3.19. The summed E-state index contributed by atoms with van der Waals surface area (Å²) in [6.45, 7) is 0. The number of rotatable bonds is 3. The molecule has 1 aliphatic carbocycles. The lowest BCUT2D eigenvalue weighted by atomic mass is 9.68. The average Bonchev–Trinajstić information content (AvgIpc) is 2.94. The molecule has 24 heavy (non-hydrogen) atoms. The van der Waals surface area contributed by atoms with E-state index in [9.17, 15) is 13.2 Å². The van der Waals surface area contributed by atoms with Crippen LogP contribution in [0.2, 0.25) is 5.02 Å². The van der Waals surface area contributed by atoms with E-state index in [0.717, 1.165) is 37.7 Å². The highest BCUT2D eigenvalue weighted by molar-refractivity contribution is 7.91. The lowest BCUT2D eigenvalue weighted by Gasteiger charge is -2.40. The van der Waals surface area contributed by atoms with Gasteiger partial charge in [0, 0.05) is 18.1 Å². The Kier molecular flexibility index (Phi) is 4.94. The summed E-state index contributed by atoms with van der Waals surface area (Å²) in [7, 11) is -1.25. The smallest absolute Gasteiger partial charge is 0.233 e. The lowest BCUT2D eigenvalue weighted by molar-refractivity contribution is -0.139. The van der Waals surface area contributed by atoms with Gasteiger partial charge in [0.15, 0.2) is 9.84 Å². The largest absolute Gasteiger partial charge is 0.341 e. The van der Waals surface area contributed by atoms with Crippen LogP contribution in [0.4, 0.5) is 0 Å². The highest BCUT2D eigenvalue weighted by atomic mass is 35.5. The van der Waals surface area contributed by atoms with E-state index < -0.39 is 15.3 Å². The summed E-state index contributed by atoms with van der Waals surface area (Å²) in [5.41, 5.74) is 0.400. The van der Waals surface area contributed by atoms with E-state index >= 15 is 0 Å². The first kappa shape index (κ1) is 17.7. The summed E-state index contributed by atoms with van der Waals surface area (Å²) in [5.74, 6) is 0.312. The Bertz CT molecular complexity index is 726. The van der Waals surface area contributed by atoms with Gasteiger partial charge < -0.3 is 4.90 Å². The van der Waals surface area contributed by atoms with Crippen LogP contribution in [0.1, 0.15) is 44.1 Å². The van der Waals surface area contributed by atoms with Gasteiger partial charge in [-0.15, -0.1) is 0 Å². The Hall–Kier alpha value is -1.07. The van der Waals surface area contributed by atoms with Crippen molar-refractivity contribution in [3.8, 4) is 0 Å². The molecule has 1 saturated carbocycles. The molecule has 1 aromatic rings. The van der Waals surface area contributed by atoms with Crippen molar-refractivity contribution in [1.82, 2.24) is 4.90 Å². The van der Waals surface area contributed by atoms with Crippen molar-refractivity contribution in [3.05, 3.63) is 34.9 Å². The van der Waals surface area contributed by atoms with Crippen molar-refractivity contribution in [2.24, 2.45) is 0 Å². The Morgan fingerprint density at radius 1 is 1.25 bits per heavy atom. The zero-order chi connectivity index (χ0) is 17.4. The highest BCUT2D eigenvalue weighted by Gasteiger charge is 2.45. The second-order valence-corrected chi connectivity index (χ2v) is 9.79. The maximum atomic E-state index is 13.4. The lowest BCUT2D eigenvalue weighted by Crippen LogP contribution is -2.50. The quantitative estimate of drug-likeness (QED) is 0.822. The number of carbonyl (C=O) groups is 1. The number of hydrogen-bond acceptors (Lipinski definition) is 3. The molecule has 0 N–H and O–H groups in total. The minimum absolute atomic E-state index is 0.0477. The van der Waals surface area contributed by atoms with Gasteiger partial charge in [-0.1, -0.05) is 43.0 Å². The van der Waals surface area contributed by atoms with Crippen LogP contribution in [0.3, 0.4) is 0 Å². The third-order valence-electron chi connectivity index (χ3n) is 5.57. The first-order valence-corrected chi connectivity index (χ1v) is 10.8. The van der Waals surface area contributed by atoms with Crippen LogP contribution in [0.5, 0.6) is 0 Å². The molecular weight excluding hydrogens is 346 g/mol. The zero-order valence-electron chi connectivity index (χ0n) is 14.0. The summed E-state index contributed by atoms with van der Waals surface area (Å²) < 4.78 is 23.6. The Morgan fingerprint density at radius 3 is 2.54 bits per heavy atom. The monoisotopic (exact) mass is 369 g/mol. The molecule has 0 bridgehead atoms. The average molecular weight is 370 g/mol. The fraction of sp³-hybridized carbons (Fsp3) is 0.611. The van der Waals surface area contributed by atoms with E-state index in [1.165, 1.54) is 0 Å². The van der Waals surface area contributed by atoms with E-state index in [0.29, 0.717) is 11.4 Å². The topological polar surface area (TPSA) is 54.5 Å². The first-order chi connectivity index (χ1) is 11.3. The van der Waals surface area contributed by atoms with Gasteiger partial charge in [-0.25, -0.2) is 8.42 Å². The van der Waals surface area contributed by atoms with Gasteiger partial charge in [-0.05, 0) is 37.0 Å². The molecule has 0 aromatic heterocycles. The van der Waals surface area contributed by atoms with Crippen molar-refractivity contribution >= 4 is 27.3 Å². The first-order valence-electron chi connectivity index (χ1n) is 8.58. The number of likely N-dealkylation sites (N-methyl/N-ethyl adjacent to an activating group) is 1. The number of carbonyl (C=O) groups excluding carboxylic acids is 1. The molecule has 4 nitrogen and oxygen atoms in total. The van der Waals surface area contributed by atoms with Gasteiger partial charge in [0.2, 0.25) is 5.91 Å². The fourth-order valence-electron chi connectivity index (χ4n) is 4.15. The van der Waals surface area contributed by atoms with Crippen molar-refractivity contribution in [3.63, 3.8) is 0 Å². The molecule has 2 fully saturated rings. The molecule has 3 rings (SSSR count). The van der Waals surface area contributed by atoms with Crippen molar-refractivity contribution in [2.45, 2.75) is 50.0 Å². The Labute approximate surface area is 149 Å². The van der Waals surface area contributed by atoms with Crippen LogP contribution >= 0.6 is 11.6 Å². The SMILES string of the molecule is CN(C(=O)C1(c2cccc(Cl)c2)CCCCC1)[C@@H]1CCS(=O)(=O)C1. The van der Waals surface area contributed by atoms with Crippen LogP contribution in [0.15, 0.2) is 24.3 Å². The van der Waals surface area contributed by atoms with Gasteiger partial charge in [-0.3, -0.25) is 4.79 Å². The van der Waals surface area contributed by atoms with Crippen LogP contribution in [0.25, 0.3) is 0 Å². The molecular formula is C18H24ClNO3S. The number of hydrogen-bond donors (Lipinski definition) is 0. The van der Waals surface area contributed by atoms with Gasteiger partial charge in [0.05, 0.1) is 16.9 Å². The van der Waals surface area contributed by atoms with E-state index in [-0.39, 0.29) is 23.5 Å². The molecule has 0 spiro atoms. The minimum atomic E-state index is -3.01. The number of sulfone groups is 1. The maximum absolute atomic E-state index is 13.4. The van der Waals surface area contributed by atoms with Gasteiger partial charge in [0.25, 0.3) is 0 Å². The van der Waals surface area contributed by atoms with E-state index in [1.54, 1.807) is 11.9 Å². The molecule has 6 heteroatoms. The van der Waals surface area contributed by atoms with Crippen LogP contribution in [0, 0.1) is 0 Å². The zero-order valence-corrected chi connectivity index (χ0v) is 15.6. The summed E-state index contributed by atoms with van der Waals surface area (Å²) in [4.78, 5) is 15.1. The number of amides is 1. The maximum Gasteiger partial charge on any atom is 0.233 e. The normalized spacial score (nSPS) is 25.3. The van der Waals surface area contributed by atoms with E-state index in [4.69, 9.17) is 11.6 Å². The summed E-state index contributed by atoms with van der Waals surface area (Å²) >= 11 is 6.17. The van der Waals surface area contributed by atoms with E-state index in [2.05, 4.69) is 0 Å². The highest BCUT2D eigenvalue weighted by Crippen LogP contribution is 2.42. The molecule has 2 aliphatic rings. The third kappa shape index (κ3) is 3.33. The molecule has 1 aliphatic heterocycles. The molecule has 1 heterocycles. The second kappa shape index (κ2) is 6.68. The summed E-state index contributed by atoms with van der Waals surface area (Å²) in [5, 5.41) is 0.636. The van der Waals surface area contributed by atoms with Gasteiger partial charge >= 0.3 is 0 Å². The Morgan fingerprint density at radius 2 is 1.96 bits per heavy atom. The van der Waals surface area contributed by atoms with Crippen molar-refractivity contribution in [2.75, 3.05) is 18.6 Å². The number of nitrogens with zero attached hydrogens (tertiary/aromatic N) is 1. The van der Waals surface area contributed by atoms with Crippen LogP contribution in [-0.4, -0.2) is 43.8 Å². The molecule has 1 aromatic carbocycles. The van der Waals surface area contributed by atoms with Gasteiger partial charge in [0.1, 0.15) is 0 Å². The molecule has 1 amide bonds. The van der Waals surface area contributed by atoms with Crippen molar-refractivity contribution in [1.29, 1.82) is 0 Å². The van der Waals surface area contributed by atoms with E-state index in [1.807, 2.05) is 24.3 Å². The minimum Gasteiger partial charge on any atom is -0.341 e. The standard InChI is InChI=1S/C18H24ClNO3S/c1-20(16-8-11-24(22,23)13-16)17(21)18(9-3-2-4-10-18)14-6-5-7-15(19)12-14/h5-7,12,16H,2-4,8-11,13H2,1H3/t16-/m1/s1. The molecule has 0 radical (unpaired) electrons. The fourth-order valence-corrected chi connectivity index (χ4v) is 6.12. The number of benzene rings is 1. The third-order valence-corrected chi connectivity index (χ3v) is 7.56. The van der Waals surface area contributed by atoms with Crippen LogP contribution < -0.4 is 0 Å². The Balaban J connectivity index is 1.92. The second-order valence-electron chi connectivity index (χ2n) is 7.13. The van der Waals surface area contributed by atoms with Gasteiger partial charge in [-0.2, -0.15) is 0 Å². The number of halogens is 1. The molecule has 0 unspecified atom stereocenters. The molecule has 1 atom stereocenters. The summed E-state index contributed by atoms with van der Waals surface area (Å²) in [6.07, 6.45) is 5.30. The summed E-state index contributed by atoms with van der Waals surface area (Å²) in [6, 6.07) is 7.37. The van der Waals surface area contributed by atoms with Crippen LogP contribution in [-0.2, 0) is 20.0 Å². The molecule has 132 valence electrons. The molecule has 1 saturated heterocycles. The predicted molar refractivity (Wildman–Crippen MR) is 96.0 cm³/mol.